The summed E-state index contributed by atoms with van der Waals surface area (Å²) in [6.45, 7) is 2.58. The van der Waals surface area contributed by atoms with E-state index < -0.39 is 18.8 Å². The van der Waals surface area contributed by atoms with E-state index in [2.05, 4.69) is 15.4 Å². The second-order valence-electron chi connectivity index (χ2n) is 7.46. The number of nitrogens with one attached hydrogen (secondary N) is 2. The minimum absolute atomic E-state index is 0.371. The zero-order valence-electron chi connectivity index (χ0n) is 17.7. The van der Waals surface area contributed by atoms with E-state index >= 15 is 0 Å². The molecule has 0 atom stereocenters. The lowest BCUT2D eigenvalue weighted by molar-refractivity contribution is -0.122. The predicted molar refractivity (Wildman–Crippen MR) is 115 cm³/mol. The maximum atomic E-state index is 12.3. The maximum Gasteiger partial charge on any atom is 0.405 e. The number of alkyl halides is 3. The summed E-state index contributed by atoms with van der Waals surface area (Å²) in [5, 5.41) is 8.68. The highest BCUT2D eigenvalue weighted by atomic mass is 19.4. The van der Waals surface area contributed by atoms with Crippen molar-refractivity contribution in [3.63, 3.8) is 0 Å². The van der Waals surface area contributed by atoms with Gasteiger partial charge in [0.15, 0.2) is 0 Å². The molecule has 166 valence electrons. The Hall–Kier alpha value is -3.82. The highest BCUT2D eigenvalue weighted by Gasteiger charge is 2.27. The number of aryl methyl sites for hydroxylation is 2. The number of carbonyl (C=O) groups excluding carboxylic acids is 1. The van der Waals surface area contributed by atoms with Crippen LogP contribution in [0, 0.1) is 13.8 Å². The largest absolute Gasteiger partial charge is 0.405 e. The maximum absolute atomic E-state index is 12.3. The van der Waals surface area contributed by atoms with Crippen LogP contribution in [0.5, 0.6) is 0 Å². The van der Waals surface area contributed by atoms with Gasteiger partial charge in [-0.2, -0.15) is 18.3 Å². The van der Waals surface area contributed by atoms with Crippen molar-refractivity contribution in [3.8, 4) is 22.4 Å². The van der Waals surface area contributed by atoms with Crippen molar-refractivity contribution in [2.75, 3.05) is 11.9 Å². The number of benzene rings is 1. The molecule has 0 aliphatic carbocycles. The van der Waals surface area contributed by atoms with Gasteiger partial charge < -0.3 is 10.6 Å². The molecule has 0 aliphatic heterocycles. The standard InChI is InChI=1S/C22H21F3N6O/c1-13-20(14(2)30(3)29-13)16-7-8-31-18(11-26-19(31)10-16)15-5-4-6-17(9-15)28-21(32)27-12-22(23,24)25/h4-11H,12H2,1-3H3,(H2,27,28,32). The van der Waals surface area contributed by atoms with Gasteiger partial charge in [0.2, 0.25) is 0 Å². The van der Waals surface area contributed by atoms with Gasteiger partial charge in [0.1, 0.15) is 12.2 Å². The molecule has 0 radical (unpaired) electrons. The minimum atomic E-state index is -4.47. The molecule has 0 bridgehead atoms. The van der Waals surface area contributed by atoms with E-state index in [1.54, 1.807) is 29.7 Å². The molecule has 0 spiro atoms. The topological polar surface area (TPSA) is 76.2 Å². The van der Waals surface area contributed by atoms with Crippen LogP contribution in [0.3, 0.4) is 0 Å². The number of hydrogen-bond donors (Lipinski definition) is 2. The number of anilines is 1. The van der Waals surface area contributed by atoms with Crippen LogP contribution in [0.4, 0.5) is 23.7 Å². The molecule has 3 aromatic heterocycles. The van der Waals surface area contributed by atoms with Gasteiger partial charge in [-0.15, -0.1) is 0 Å². The van der Waals surface area contributed by atoms with E-state index in [0.717, 1.165) is 39.4 Å². The fraction of sp³-hybridized carbons (Fsp3) is 0.227. The summed E-state index contributed by atoms with van der Waals surface area (Å²) in [5.41, 5.74) is 6.71. The van der Waals surface area contributed by atoms with Crippen molar-refractivity contribution in [1.29, 1.82) is 0 Å². The molecule has 32 heavy (non-hydrogen) atoms. The van der Waals surface area contributed by atoms with E-state index in [-0.39, 0.29) is 0 Å². The lowest BCUT2D eigenvalue weighted by Crippen LogP contribution is -2.36. The summed E-state index contributed by atoms with van der Waals surface area (Å²) < 4.78 is 40.6. The number of pyridine rings is 1. The van der Waals surface area contributed by atoms with E-state index in [4.69, 9.17) is 0 Å². The van der Waals surface area contributed by atoms with Crippen molar-refractivity contribution in [2.45, 2.75) is 20.0 Å². The smallest absolute Gasteiger partial charge is 0.329 e. The molecule has 4 aromatic rings. The van der Waals surface area contributed by atoms with Crippen LogP contribution in [-0.4, -0.2) is 37.9 Å². The third-order valence-corrected chi connectivity index (χ3v) is 5.18. The first kappa shape index (κ1) is 21.4. The Kier molecular flexibility index (Phi) is 5.37. The number of rotatable bonds is 4. The average Bonchev–Trinajstić information content (AvgIpc) is 3.26. The Morgan fingerprint density at radius 1 is 1.12 bits per heavy atom. The van der Waals surface area contributed by atoms with Gasteiger partial charge in [-0.3, -0.25) is 9.08 Å². The van der Waals surface area contributed by atoms with Crippen LogP contribution in [0.1, 0.15) is 11.4 Å². The van der Waals surface area contributed by atoms with Crippen molar-refractivity contribution in [1.82, 2.24) is 24.5 Å². The third kappa shape index (κ3) is 4.29. The molecule has 4 rings (SSSR count). The molecule has 0 saturated carbocycles. The van der Waals surface area contributed by atoms with Crippen LogP contribution in [0.15, 0.2) is 48.8 Å². The summed E-state index contributed by atoms with van der Waals surface area (Å²) in [5.74, 6) is 0. The summed E-state index contributed by atoms with van der Waals surface area (Å²) in [6, 6.07) is 9.88. The fourth-order valence-electron chi connectivity index (χ4n) is 3.65. The summed E-state index contributed by atoms with van der Waals surface area (Å²) in [6.07, 6.45) is -0.846. The van der Waals surface area contributed by atoms with Crippen LogP contribution < -0.4 is 10.6 Å². The van der Waals surface area contributed by atoms with Crippen LogP contribution in [-0.2, 0) is 7.05 Å². The zero-order chi connectivity index (χ0) is 23.0. The summed E-state index contributed by atoms with van der Waals surface area (Å²) >= 11 is 0. The minimum Gasteiger partial charge on any atom is -0.329 e. The molecule has 2 N–H and O–H groups in total. The number of aromatic nitrogens is 4. The fourth-order valence-corrected chi connectivity index (χ4v) is 3.65. The Balaban J connectivity index is 1.60. The number of halogens is 3. The first-order valence-electron chi connectivity index (χ1n) is 9.82. The van der Waals surface area contributed by atoms with E-state index in [1.807, 2.05) is 54.4 Å². The van der Waals surface area contributed by atoms with Crippen LogP contribution in [0.2, 0.25) is 0 Å². The Bertz CT molecular complexity index is 1300. The molecule has 3 heterocycles. The third-order valence-electron chi connectivity index (χ3n) is 5.18. The quantitative estimate of drug-likeness (QED) is 0.481. The second kappa shape index (κ2) is 8.03. The van der Waals surface area contributed by atoms with Gasteiger partial charge in [-0.1, -0.05) is 12.1 Å². The monoisotopic (exact) mass is 442 g/mol. The zero-order valence-corrected chi connectivity index (χ0v) is 17.7. The van der Waals surface area contributed by atoms with E-state index in [1.165, 1.54) is 0 Å². The molecule has 1 aromatic carbocycles. The normalized spacial score (nSPS) is 11.7. The van der Waals surface area contributed by atoms with Crippen molar-refractivity contribution in [3.05, 3.63) is 60.2 Å². The second-order valence-corrected chi connectivity index (χ2v) is 7.46. The number of imidazole rings is 1. The molecule has 7 nitrogen and oxygen atoms in total. The van der Waals surface area contributed by atoms with Gasteiger partial charge in [0.05, 0.1) is 17.6 Å². The molecule has 0 aliphatic rings. The van der Waals surface area contributed by atoms with Crippen LogP contribution in [0.25, 0.3) is 28.0 Å². The number of urea groups is 1. The number of hydrogen-bond acceptors (Lipinski definition) is 3. The van der Waals surface area contributed by atoms with E-state index in [9.17, 15) is 18.0 Å². The van der Waals surface area contributed by atoms with Gasteiger partial charge >= 0.3 is 12.2 Å². The molecule has 10 heteroatoms. The average molecular weight is 442 g/mol. The summed E-state index contributed by atoms with van der Waals surface area (Å²) in [7, 11) is 1.91. The molecule has 0 unspecified atom stereocenters. The molecule has 0 fully saturated rings. The Morgan fingerprint density at radius 3 is 2.59 bits per heavy atom. The highest BCUT2D eigenvalue weighted by Crippen LogP contribution is 2.29. The first-order chi connectivity index (χ1) is 15.1. The van der Waals surface area contributed by atoms with E-state index in [0.29, 0.717) is 5.69 Å². The number of carbonyl (C=O) groups is 1. The number of amides is 2. The Labute approximate surface area is 181 Å². The predicted octanol–water partition coefficient (Wildman–Crippen LogP) is 4.70. The SMILES string of the molecule is Cc1nn(C)c(C)c1-c1ccn2c(-c3cccc(NC(=O)NCC(F)(F)F)c3)cnc2c1. The summed E-state index contributed by atoms with van der Waals surface area (Å²) in [4.78, 5) is 16.3. The molecular formula is C22H21F3N6O. The lowest BCUT2D eigenvalue weighted by Gasteiger charge is -2.11. The molecular weight excluding hydrogens is 421 g/mol. The lowest BCUT2D eigenvalue weighted by atomic mass is 10.1. The number of nitrogens with zero attached hydrogens (tertiary/aromatic N) is 4. The van der Waals surface area contributed by atoms with Gasteiger partial charge in [0, 0.05) is 35.8 Å². The Morgan fingerprint density at radius 2 is 1.91 bits per heavy atom. The van der Waals surface area contributed by atoms with Crippen molar-refractivity contribution in [2.24, 2.45) is 7.05 Å². The van der Waals surface area contributed by atoms with Gasteiger partial charge in [-0.05, 0) is 43.7 Å². The first-order valence-corrected chi connectivity index (χ1v) is 9.82. The van der Waals surface area contributed by atoms with Crippen molar-refractivity contribution < 1.29 is 18.0 Å². The van der Waals surface area contributed by atoms with Gasteiger partial charge in [0.25, 0.3) is 0 Å². The van der Waals surface area contributed by atoms with Gasteiger partial charge in [-0.25, -0.2) is 9.78 Å². The molecule has 2 amide bonds. The van der Waals surface area contributed by atoms with Crippen LogP contribution >= 0.6 is 0 Å². The number of fused-ring (bicyclic) bond motifs is 1. The van der Waals surface area contributed by atoms with Crippen molar-refractivity contribution >= 4 is 17.4 Å². The molecule has 0 saturated heterocycles. The highest BCUT2D eigenvalue weighted by molar-refractivity contribution is 5.90.